The monoisotopic (exact) mass is 245 g/mol. The number of halogens is 1. The van der Waals surface area contributed by atoms with Gasteiger partial charge in [-0.2, -0.15) is 0 Å². The summed E-state index contributed by atoms with van der Waals surface area (Å²) in [6.45, 7) is 1.78. The Kier molecular flexibility index (Phi) is 3.21. The van der Waals surface area contributed by atoms with Crippen LogP contribution in [0, 0.1) is 6.92 Å². The number of nitrogens with one attached hydrogen (secondary N) is 1. The second-order valence-electron chi connectivity index (χ2n) is 3.71. The molecule has 6 heteroatoms. The summed E-state index contributed by atoms with van der Waals surface area (Å²) in [5, 5.41) is 6.80. The summed E-state index contributed by atoms with van der Waals surface area (Å²) in [6.07, 6.45) is 3.02. The fourth-order valence-electron chi connectivity index (χ4n) is 1.75. The van der Waals surface area contributed by atoms with Crippen LogP contribution < -0.4 is 5.32 Å². The zero-order valence-electron chi connectivity index (χ0n) is 8.36. The first-order valence-corrected chi connectivity index (χ1v) is 6.13. The number of hydrogen-bond donors (Lipinski definition) is 1. The predicted octanol–water partition coefficient (Wildman–Crippen LogP) is 1.74. The first-order valence-electron chi connectivity index (χ1n) is 4.92. The SMILES string of the molecule is Cc1nnsc1C(=O)NC1CCCC1Cl. The molecule has 0 radical (unpaired) electrons. The van der Waals surface area contributed by atoms with Gasteiger partial charge in [0.15, 0.2) is 0 Å². The fourth-order valence-corrected chi connectivity index (χ4v) is 2.65. The second kappa shape index (κ2) is 4.45. The van der Waals surface area contributed by atoms with Gasteiger partial charge >= 0.3 is 0 Å². The second-order valence-corrected chi connectivity index (χ2v) is 5.03. The lowest BCUT2D eigenvalue weighted by molar-refractivity contribution is 0.0941. The van der Waals surface area contributed by atoms with Gasteiger partial charge in [0.05, 0.1) is 11.1 Å². The van der Waals surface area contributed by atoms with Gasteiger partial charge in [0.1, 0.15) is 4.88 Å². The lowest BCUT2D eigenvalue weighted by Gasteiger charge is -2.14. The van der Waals surface area contributed by atoms with Crippen LogP contribution in [0.15, 0.2) is 0 Å². The van der Waals surface area contributed by atoms with Crippen LogP contribution in [0.5, 0.6) is 0 Å². The minimum atomic E-state index is -0.0972. The predicted molar refractivity (Wildman–Crippen MR) is 59.4 cm³/mol. The number of alkyl halides is 1. The van der Waals surface area contributed by atoms with Crippen molar-refractivity contribution in [3.8, 4) is 0 Å². The van der Waals surface area contributed by atoms with Gasteiger partial charge in [-0.25, -0.2) is 0 Å². The summed E-state index contributed by atoms with van der Waals surface area (Å²) < 4.78 is 3.73. The molecule has 1 saturated carbocycles. The summed E-state index contributed by atoms with van der Waals surface area (Å²) in [7, 11) is 0. The number of hydrogen-bond acceptors (Lipinski definition) is 4. The Morgan fingerprint density at radius 3 is 2.93 bits per heavy atom. The van der Waals surface area contributed by atoms with Gasteiger partial charge in [-0.3, -0.25) is 4.79 Å². The molecule has 1 aromatic rings. The van der Waals surface area contributed by atoms with E-state index < -0.39 is 0 Å². The molecule has 1 fully saturated rings. The van der Waals surface area contributed by atoms with Gasteiger partial charge in [-0.15, -0.1) is 16.7 Å². The maximum Gasteiger partial charge on any atom is 0.265 e. The Morgan fingerprint density at radius 2 is 2.40 bits per heavy atom. The molecule has 2 rings (SSSR count). The van der Waals surface area contributed by atoms with Crippen molar-refractivity contribution in [2.24, 2.45) is 0 Å². The average molecular weight is 246 g/mol. The van der Waals surface area contributed by atoms with E-state index in [1.165, 1.54) is 0 Å². The standard InChI is InChI=1S/C9H12ClN3OS/c1-5-8(15-13-12-5)9(14)11-7-4-2-3-6(7)10/h6-7H,2-4H2,1H3,(H,11,14). The Bertz CT molecular complexity index is 368. The van der Waals surface area contributed by atoms with E-state index in [2.05, 4.69) is 14.9 Å². The number of aryl methyl sites for hydroxylation is 1. The lowest BCUT2D eigenvalue weighted by Crippen LogP contribution is -2.37. The van der Waals surface area contributed by atoms with Crippen molar-refractivity contribution in [3.63, 3.8) is 0 Å². The van der Waals surface area contributed by atoms with E-state index in [-0.39, 0.29) is 17.3 Å². The van der Waals surface area contributed by atoms with E-state index in [1.807, 2.05) is 0 Å². The van der Waals surface area contributed by atoms with Crippen molar-refractivity contribution >= 4 is 29.0 Å². The zero-order valence-corrected chi connectivity index (χ0v) is 9.94. The van der Waals surface area contributed by atoms with Crippen LogP contribution in [0.1, 0.15) is 34.6 Å². The third-order valence-corrected chi connectivity index (χ3v) is 3.95. The normalized spacial score (nSPS) is 25.5. The van der Waals surface area contributed by atoms with Crippen molar-refractivity contribution in [2.45, 2.75) is 37.6 Å². The topological polar surface area (TPSA) is 54.9 Å². The Hall–Kier alpha value is -0.680. The smallest absolute Gasteiger partial charge is 0.265 e. The molecule has 0 aromatic carbocycles. The number of carbonyl (C=O) groups is 1. The molecule has 15 heavy (non-hydrogen) atoms. The van der Waals surface area contributed by atoms with Gasteiger partial charge in [0.2, 0.25) is 0 Å². The van der Waals surface area contributed by atoms with Crippen LogP contribution in [-0.2, 0) is 0 Å². The lowest BCUT2D eigenvalue weighted by atomic mass is 10.2. The van der Waals surface area contributed by atoms with Crippen molar-refractivity contribution in [1.29, 1.82) is 0 Å². The van der Waals surface area contributed by atoms with Gasteiger partial charge in [-0.05, 0) is 37.7 Å². The highest BCUT2D eigenvalue weighted by molar-refractivity contribution is 7.08. The summed E-state index contributed by atoms with van der Waals surface area (Å²) in [5.41, 5.74) is 0.682. The highest BCUT2D eigenvalue weighted by atomic mass is 35.5. The van der Waals surface area contributed by atoms with Crippen LogP contribution >= 0.6 is 23.1 Å². The maximum absolute atomic E-state index is 11.8. The average Bonchev–Trinajstić information content (AvgIpc) is 2.76. The fraction of sp³-hybridized carbons (Fsp3) is 0.667. The molecule has 0 spiro atoms. The third-order valence-electron chi connectivity index (χ3n) is 2.61. The van der Waals surface area contributed by atoms with Crippen molar-refractivity contribution < 1.29 is 4.79 Å². The first kappa shape index (κ1) is 10.8. The molecule has 2 unspecified atom stereocenters. The zero-order chi connectivity index (χ0) is 10.8. The molecule has 82 valence electrons. The van der Waals surface area contributed by atoms with E-state index in [0.29, 0.717) is 10.6 Å². The Morgan fingerprint density at radius 1 is 1.60 bits per heavy atom. The van der Waals surface area contributed by atoms with Crippen LogP contribution in [0.2, 0.25) is 0 Å². The highest BCUT2D eigenvalue weighted by Gasteiger charge is 2.27. The van der Waals surface area contributed by atoms with Crippen LogP contribution in [0.4, 0.5) is 0 Å². The molecule has 1 amide bonds. The van der Waals surface area contributed by atoms with E-state index in [0.717, 1.165) is 30.8 Å². The van der Waals surface area contributed by atoms with Gasteiger partial charge < -0.3 is 5.32 Å². The maximum atomic E-state index is 11.8. The van der Waals surface area contributed by atoms with Crippen molar-refractivity contribution in [1.82, 2.24) is 14.9 Å². The molecule has 1 N–H and O–H groups in total. The summed E-state index contributed by atoms with van der Waals surface area (Å²) in [5.74, 6) is -0.0972. The molecule has 4 nitrogen and oxygen atoms in total. The molecule has 0 aliphatic heterocycles. The third kappa shape index (κ3) is 2.29. The molecule has 1 heterocycles. The van der Waals surface area contributed by atoms with Crippen molar-refractivity contribution in [2.75, 3.05) is 0 Å². The molecule has 1 aliphatic carbocycles. The highest BCUT2D eigenvalue weighted by Crippen LogP contribution is 2.24. The minimum absolute atomic E-state index is 0.0649. The minimum Gasteiger partial charge on any atom is -0.347 e. The summed E-state index contributed by atoms with van der Waals surface area (Å²) in [6, 6.07) is 0.0978. The number of carbonyl (C=O) groups excluding carboxylic acids is 1. The van der Waals surface area contributed by atoms with E-state index >= 15 is 0 Å². The molecule has 1 aliphatic rings. The number of aromatic nitrogens is 2. The quantitative estimate of drug-likeness (QED) is 0.808. The first-order chi connectivity index (χ1) is 7.18. The van der Waals surface area contributed by atoms with Gasteiger partial charge in [-0.1, -0.05) is 4.49 Å². The molecule has 1 aromatic heterocycles. The van der Waals surface area contributed by atoms with Crippen LogP contribution in [0.3, 0.4) is 0 Å². The van der Waals surface area contributed by atoms with E-state index in [9.17, 15) is 4.79 Å². The largest absolute Gasteiger partial charge is 0.347 e. The van der Waals surface area contributed by atoms with E-state index in [4.69, 9.17) is 11.6 Å². The van der Waals surface area contributed by atoms with Crippen LogP contribution in [0.25, 0.3) is 0 Å². The molecular formula is C9H12ClN3OS. The Labute approximate surface area is 97.2 Å². The number of nitrogens with zero attached hydrogens (tertiary/aromatic N) is 2. The van der Waals surface area contributed by atoms with Gasteiger partial charge in [0, 0.05) is 6.04 Å². The Balaban J connectivity index is 2.01. The summed E-state index contributed by atoms with van der Waals surface area (Å²) in [4.78, 5) is 12.4. The molecule has 2 atom stereocenters. The summed E-state index contributed by atoms with van der Waals surface area (Å²) >= 11 is 7.21. The van der Waals surface area contributed by atoms with Gasteiger partial charge in [0.25, 0.3) is 5.91 Å². The van der Waals surface area contributed by atoms with Crippen LogP contribution in [-0.4, -0.2) is 26.9 Å². The molecular weight excluding hydrogens is 234 g/mol. The molecule has 0 bridgehead atoms. The number of amides is 1. The van der Waals surface area contributed by atoms with Crippen molar-refractivity contribution in [3.05, 3.63) is 10.6 Å². The van der Waals surface area contributed by atoms with E-state index in [1.54, 1.807) is 6.92 Å². The number of rotatable bonds is 2. The molecule has 0 saturated heterocycles.